The van der Waals surface area contributed by atoms with Gasteiger partial charge in [0.05, 0.1) is 28.4 Å². The van der Waals surface area contributed by atoms with E-state index in [9.17, 15) is 13.2 Å². The molecule has 2 aromatic heterocycles. The molecule has 1 aliphatic rings. The van der Waals surface area contributed by atoms with Crippen molar-refractivity contribution < 1.29 is 17.9 Å². The van der Waals surface area contributed by atoms with Gasteiger partial charge in [0.1, 0.15) is 5.52 Å². The molecule has 0 spiro atoms. The van der Waals surface area contributed by atoms with E-state index in [-0.39, 0.29) is 23.2 Å². The summed E-state index contributed by atoms with van der Waals surface area (Å²) in [6.07, 6.45) is 2.90. The van der Waals surface area contributed by atoms with Crippen molar-refractivity contribution in [3.63, 3.8) is 0 Å². The van der Waals surface area contributed by atoms with Gasteiger partial charge in [-0.05, 0) is 18.2 Å². The van der Waals surface area contributed by atoms with Gasteiger partial charge < -0.3 is 9.72 Å². The molecule has 2 aromatic carbocycles. The third-order valence-corrected chi connectivity index (χ3v) is 7.98. The summed E-state index contributed by atoms with van der Waals surface area (Å²) in [6, 6.07) is 12.8. The van der Waals surface area contributed by atoms with Crippen molar-refractivity contribution in [1.29, 1.82) is 0 Å². The minimum atomic E-state index is -3.45. The van der Waals surface area contributed by atoms with E-state index in [1.54, 1.807) is 23.2 Å². The largest absolute Gasteiger partial charge is 0.379 e. The standard InChI is InChI=1S/C23H24N4O4S2.ClH/c1-33(29,30)20-8-4-7-19-21(20)25-23(32-19)27(10-9-26-11-13-31-14-12-26)22(28)17-15-24-18-6-3-2-5-16(17)18;/h2-8,15,24H,9-14H2,1H3;1H. The molecule has 1 fully saturated rings. The molecule has 0 bridgehead atoms. The second-order valence-corrected chi connectivity index (χ2v) is 11.0. The molecule has 1 aliphatic heterocycles. The fraction of sp³-hybridized carbons (Fsp3) is 0.304. The molecule has 0 atom stereocenters. The number of sulfone groups is 1. The van der Waals surface area contributed by atoms with Gasteiger partial charge in [-0.2, -0.15) is 0 Å². The van der Waals surface area contributed by atoms with Gasteiger partial charge in [-0.1, -0.05) is 35.6 Å². The maximum atomic E-state index is 13.8. The van der Waals surface area contributed by atoms with Crippen LogP contribution in [0.3, 0.4) is 0 Å². The lowest BCUT2D eigenvalue weighted by atomic mass is 10.1. The first kappa shape index (κ1) is 24.6. The Labute approximate surface area is 207 Å². The lowest BCUT2D eigenvalue weighted by Gasteiger charge is -2.29. The van der Waals surface area contributed by atoms with E-state index in [0.717, 1.165) is 28.7 Å². The van der Waals surface area contributed by atoms with Gasteiger partial charge in [0.2, 0.25) is 0 Å². The summed E-state index contributed by atoms with van der Waals surface area (Å²) in [5.41, 5.74) is 1.86. The van der Waals surface area contributed by atoms with E-state index in [2.05, 4.69) is 14.9 Å². The quantitative estimate of drug-likeness (QED) is 0.417. The van der Waals surface area contributed by atoms with E-state index in [1.165, 1.54) is 17.6 Å². The average Bonchev–Trinajstić information content (AvgIpc) is 3.43. The van der Waals surface area contributed by atoms with Crippen LogP contribution in [0.2, 0.25) is 0 Å². The van der Waals surface area contributed by atoms with Crippen molar-refractivity contribution in [3.8, 4) is 0 Å². The van der Waals surface area contributed by atoms with Gasteiger partial charge in [-0.3, -0.25) is 14.6 Å². The first-order chi connectivity index (χ1) is 15.9. The Bertz CT molecular complexity index is 1430. The number of thiazole rings is 1. The van der Waals surface area contributed by atoms with Gasteiger partial charge in [0, 0.05) is 49.5 Å². The summed E-state index contributed by atoms with van der Waals surface area (Å²) in [4.78, 5) is 25.7. The van der Waals surface area contributed by atoms with Crippen LogP contribution in [-0.4, -0.2) is 74.8 Å². The molecule has 1 amide bonds. The van der Waals surface area contributed by atoms with Crippen LogP contribution in [0.15, 0.2) is 53.6 Å². The van der Waals surface area contributed by atoms with E-state index in [0.29, 0.717) is 42.5 Å². The van der Waals surface area contributed by atoms with Crippen molar-refractivity contribution in [1.82, 2.24) is 14.9 Å². The van der Waals surface area contributed by atoms with Crippen molar-refractivity contribution in [2.45, 2.75) is 4.90 Å². The predicted molar refractivity (Wildman–Crippen MR) is 137 cm³/mol. The Balaban J connectivity index is 0.00000274. The number of anilines is 1. The van der Waals surface area contributed by atoms with Crippen molar-refractivity contribution in [2.75, 3.05) is 50.5 Å². The van der Waals surface area contributed by atoms with Crippen molar-refractivity contribution in [2.24, 2.45) is 0 Å². The molecule has 8 nitrogen and oxygen atoms in total. The smallest absolute Gasteiger partial charge is 0.262 e. The zero-order chi connectivity index (χ0) is 23.0. The summed E-state index contributed by atoms with van der Waals surface area (Å²) < 4.78 is 30.7. The predicted octanol–water partition coefficient (Wildman–Crippen LogP) is 3.58. The molecule has 5 rings (SSSR count). The number of benzene rings is 2. The number of nitrogens with one attached hydrogen (secondary N) is 1. The highest BCUT2D eigenvalue weighted by Crippen LogP contribution is 2.34. The number of hydrogen-bond donors (Lipinski definition) is 1. The first-order valence-corrected chi connectivity index (χ1v) is 13.4. The van der Waals surface area contributed by atoms with E-state index < -0.39 is 9.84 Å². The van der Waals surface area contributed by atoms with Crippen LogP contribution in [0, 0.1) is 0 Å². The fourth-order valence-electron chi connectivity index (χ4n) is 4.07. The maximum absolute atomic E-state index is 13.8. The summed E-state index contributed by atoms with van der Waals surface area (Å²) in [7, 11) is -3.45. The summed E-state index contributed by atoms with van der Waals surface area (Å²) in [5, 5.41) is 1.33. The Hall–Kier alpha value is -2.50. The molecule has 1 saturated heterocycles. The zero-order valence-electron chi connectivity index (χ0n) is 18.6. The number of para-hydroxylation sites is 2. The normalized spacial score (nSPS) is 14.9. The average molecular weight is 521 g/mol. The number of amides is 1. The third kappa shape index (κ3) is 4.82. The molecule has 0 saturated carbocycles. The zero-order valence-corrected chi connectivity index (χ0v) is 21.0. The van der Waals surface area contributed by atoms with E-state index in [1.807, 2.05) is 30.3 Å². The number of aromatic nitrogens is 2. The van der Waals surface area contributed by atoms with Crippen LogP contribution in [-0.2, 0) is 14.6 Å². The number of H-pyrrole nitrogens is 1. The highest BCUT2D eigenvalue weighted by molar-refractivity contribution is 7.91. The summed E-state index contributed by atoms with van der Waals surface area (Å²) >= 11 is 1.33. The van der Waals surface area contributed by atoms with E-state index in [4.69, 9.17) is 4.74 Å². The Kier molecular flexibility index (Phi) is 7.25. The molecule has 3 heterocycles. The Morgan fingerprint density at radius 1 is 1.18 bits per heavy atom. The van der Waals surface area contributed by atoms with Crippen molar-refractivity contribution >= 4 is 65.7 Å². The molecule has 0 radical (unpaired) electrons. The second-order valence-electron chi connectivity index (χ2n) is 8.03. The number of carbonyl (C=O) groups excluding carboxylic acids is 1. The lowest BCUT2D eigenvalue weighted by Crippen LogP contribution is -2.43. The molecule has 0 unspecified atom stereocenters. The minimum Gasteiger partial charge on any atom is -0.379 e. The number of hydrogen-bond acceptors (Lipinski definition) is 7. The number of rotatable bonds is 6. The first-order valence-electron chi connectivity index (χ1n) is 10.7. The molecule has 1 N–H and O–H groups in total. The van der Waals surface area contributed by atoms with Crippen molar-refractivity contribution in [3.05, 3.63) is 54.2 Å². The SMILES string of the molecule is CS(=O)(=O)c1cccc2sc(N(CCN3CCOCC3)C(=O)c3c[nH]c4ccccc34)nc12.Cl. The van der Waals surface area contributed by atoms with Crippen LogP contribution in [0.1, 0.15) is 10.4 Å². The number of nitrogens with zero attached hydrogens (tertiary/aromatic N) is 3. The summed E-state index contributed by atoms with van der Waals surface area (Å²) in [5.74, 6) is -0.166. The van der Waals surface area contributed by atoms with Gasteiger partial charge in [-0.25, -0.2) is 13.4 Å². The molecule has 180 valence electrons. The fourth-order valence-corrected chi connectivity index (χ4v) is 5.98. The number of carbonyl (C=O) groups is 1. The molecule has 0 aliphatic carbocycles. The highest BCUT2D eigenvalue weighted by atomic mass is 35.5. The van der Waals surface area contributed by atoms with E-state index >= 15 is 0 Å². The molecular formula is C23H25ClN4O4S2. The number of aromatic amines is 1. The molecule has 34 heavy (non-hydrogen) atoms. The molecule has 11 heteroatoms. The number of ether oxygens (including phenoxy) is 1. The number of fused-ring (bicyclic) bond motifs is 2. The highest BCUT2D eigenvalue weighted by Gasteiger charge is 2.26. The van der Waals surface area contributed by atoms with Gasteiger partial charge >= 0.3 is 0 Å². The monoisotopic (exact) mass is 520 g/mol. The van der Waals surface area contributed by atoms with Crippen LogP contribution in [0.5, 0.6) is 0 Å². The van der Waals surface area contributed by atoms with Gasteiger partial charge in [-0.15, -0.1) is 12.4 Å². The topological polar surface area (TPSA) is 95.6 Å². The lowest BCUT2D eigenvalue weighted by molar-refractivity contribution is 0.0391. The molecular weight excluding hydrogens is 496 g/mol. The third-order valence-electron chi connectivity index (χ3n) is 5.81. The molecule has 4 aromatic rings. The number of morpholine rings is 1. The van der Waals surface area contributed by atoms with Crippen LogP contribution in [0.4, 0.5) is 5.13 Å². The maximum Gasteiger partial charge on any atom is 0.262 e. The number of halogens is 1. The van der Waals surface area contributed by atoms with Gasteiger partial charge in [0.15, 0.2) is 15.0 Å². The second kappa shape index (κ2) is 10.0. The summed E-state index contributed by atoms with van der Waals surface area (Å²) in [6.45, 7) is 4.09. The van der Waals surface area contributed by atoms with Crippen LogP contribution < -0.4 is 4.90 Å². The van der Waals surface area contributed by atoms with Crippen LogP contribution >= 0.6 is 23.7 Å². The van der Waals surface area contributed by atoms with Crippen LogP contribution in [0.25, 0.3) is 21.1 Å². The van der Waals surface area contributed by atoms with Gasteiger partial charge in [0.25, 0.3) is 5.91 Å². The minimum absolute atomic E-state index is 0. The Morgan fingerprint density at radius 3 is 2.71 bits per heavy atom. The Morgan fingerprint density at radius 2 is 1.94 bits per heavy atom.